The molecule has 0 spiro atoms. The summed E-state index contributed by atoms with van der Waals surface area (Å²) in [4.78, 5) is 4.18. The monoisotopic (exact) mass is 179 g/mol. The number of aromatic nitrogens is 1. The van der Waals surface area contributed by atoms with E-state index in [4.69, 9.17) is 4.74 Å². The van der Waals surface area contributed by atoms with E-state index >= 15 is 0 Å². The van der Waals surface area contributed by atoms with Crippen LogP contribution in [0, 0.1) is 0 Å². The number of rotatable bonds is 4. The fourth-order valence-corrected chi connectivity index (χ4v) is 1.40. The number of pyridine rings is 1. The van der Waals surface area contributed by atoms with Crippen LogP contribution >= 0.6 is 0 Å². The van der Waals surface area contributed by atoms with Crippen molar-refractivity contribution in [1.29, 1.82) is 0 Å². The second-order valence-corrected chi connectivity index (χ2v) is 3.32. The third-order valence-electron chi connectivity index (χ3n) is 2.26. The van der Waals surface area contributed by atoms with E-state index in [9.17, 15) is 0 Å². The lowest BCUT2D eigenvalue weighted by atomic mass is 9.98. The van der Waals surface area contributed by atoms with Gasteiger partial charge in [0.05, 0.1) is 7.11 Å². The largest absolute Gasteiger partial charge is 0.481 e. The summed E-state index contributed by atoms with van der Waals surface area (Å²) in [6, 6.07) is 4.01. The van der Waals surface area contributed by atoms with Crippen LogP contribution in [0.25, 0.3) is 0 Å². The maximum atomic E-state index is 5.00. The molecule has 0 radical (unpaired) electrons. The molecule has 1 heterocycles. The summed E-state index contributed by atoms with van der Waals surface area (Å²) in [7, 11) is 1.64. The van der Waals surface area contributed by atoms with Crippen molar-refractivity contribution in [2.45, 2.75) is 32.6 Å². The van der Waals surface area contributed by atoms with Crippen LogP contribution in [0.5, 0.6) is 5.88 Å². The van der Waals surface area contributed by atoms with Gasteiger partial charge >= 0.3 is 0 Å². The molecule has 1 aromatic heterocycles. The molecule has 13 heavy (non-hydrogen) atoms. The zero-order valence-corrected chi connectivity index (χ0v) is 8.58. The summed E-state index contributed by atoms with van der Waals surface area (Å²) in [5, 5.41) is 0. The predicted octanol–water partition coefficient (Wildman–Crippen LogP) is 2.99. The van der Waals surface area contributed by atoms with Crippen LogP contribution in [0.3, 0.4) is 0 Å². The van der Waals surface area contributed by atoms with Crippen LogP contribution in [-0.2, 0) is 0 Å². The minimum Gasteiger partial charge on any atom is -0.481 e. The fourth-order valence-electron chi connectivity index (χ4n) is 1.40. The van der Waals surface area contributed by atoms with E-state index in [1.807, 2.05) is 12.3 Å². The maximum Gasteiger partial charge on any atom is 0.212 e. The Hall–Kier alpha value is -1.05. The van der Waals surface area contributed by atoms with Crippen molar-refractivity contribution in [3.63, 3.8) is 0 Å². The van der Waals surface area contributed by atoms with Gasteiger partial charge in [0, 0.05) is 12.3 Å². The Labute approximate surface area is 80.0 Å². The average Bonchev–Trinajstić information content (AvgIpc) is 2.18. The Morgan fingerprint density at radius 2 is 2.23 bits per heavy atom. The maximum absolute atomic E-state index is 5.00. The second-order valence-electron chi connectivity index (χ2n) is 3.32. The first-order valence-corrected chi connectivity index (χ1v) is 4.77. The predicted molar refractivity (Wildman–Crippen MR) is 54.1 cm³/mol. The van der Waals surface area contributed by atoms with E-state index in [0.717, 1.165) is 0 Å². The first kappa shape index (κ1) is 10.0. The molecular formula is C11H17NO. The highest BCUT2D eigenvalue weighted by Gasteiger charge is 2.04. The quantitative estimate of drug-likeness (QED) is 0.708. The van der Waals surface area contributed by atoms with Gasteiger partial charge in [0.1, 0.15) is 0 Å². The zero-order chi connectivity index (χ0) is 9.68. The highest BCUT2D eigenvalue weighted by molar-refractivity contribution is 5.20. The van der Waals surface area contributed by atoms with Gasteiger partial charge in [0.2, 0.25) is 5.88 Å². The topological polar surface area (TPSA) is 22.1 Å². The Kier molecular flexibility index (Phi) is 3.74. The van der Waals surface area contributed by atoms with Crippen LogP contribution < -0.4 is 4.74 Å². The van der Waals surface area contributed by atoms with E-state index in [1.54, 1.807) is 7.11 Å². The first-order valence-electron chi connectivity index (χ1n) is 4.77. The summed E-state index contributed by atoms with van der Waals surface area (Å²) in [6.45, 7) is 4.43. The molecule has 0 aromatic carbocycles. The molecule has 1 unspecified atom stereocenters. The normalized spacial score (nSPS) is 12.5. The lowest BCUT2D eigenvalue weighted by molar-refractivity contribution is 0.397. The van der Waals surface area contributed by atoms with Crippen molar-refractivity contribution in [2.24, 2.45) is 0 Å². The highest BCUT2D eigenvalue weighted by atomic mass is 16.5. The summed E-state index contributed by atoms with van der Waals surface area (Å²) in [6.07, 6.45) is 4.33. The molecule has 0 fully saturated rings. The van der Waals surface area contributed by atoms with Crippen molar-refractivity contribution in [3.05, 3.63) is 23.9 Å². The molecule has 0 amide bonds. The molecule has 0 aliphatic rings. The van der Waals surface area contributed by atoms with Gasteiger partial charge in [0.15, 0.2) is 0 Å². The van der Waals surface area contributed by atoms with Crippen LogP contribution in [0.1, 0.15) is 38.2 Å². The lowest BCUT2D eigenvalue weighted by Gasteiger charge is -2.09. The third kappa shape index (κ3) is 2.72. The van der Waals surface area contributed by atoms with Crippen molar-refractivity contribution >= 4 is 0 Å². The SMILES string of the molecule is CCCC(C)c1ccc(OC)nc1. The molecule has 72 valence electrons. The average molecular weight is 179 g/mol. The molecule has 1 rings (SSSR count). The standard InChI is InChI=1S/C11H17NO/c1-4-5-9(2)10-6-7-11(13-3)12-8-10/h6-9H,4-5H2,1-3H3. The van der Waals surface area contributed by atoms with Gasteiger partial charge in [-0.1, -0.05) is 26.3 Å². The first-order chi connectivity index (χ1) is 6.27. The van der Waals surface area contributed by atoms with Crippen LogP contribution in [0.15, 0.2) is 18.3 Å². The molecule has 1 atom stereocenters. The van der Waals surface area contributed by atoms with Gasteiger partial charge in [-0.3, -0.25) is 0 Å². The Bertz CT molecular complexity index is 243. The van der Waals surface area contributed by atoms with E-state index < -0.39 is 0 Å². The zero-order valence-electron chi connectivity index (χ0n) is 8.58. The highest BCUT2D eigenvalue weighted by Crippen LogP contribution is 2.20. The van der Waals surface area contributed by atoms with Gasteiger partial charge in [0.25, 0.3) is 0 Å². The Morgan fingerprint density at radius 3 is 2.69 bits per heavy atom. The van der Waals surface area contributed by atoms with E-state index in [1.165, 1.54) is 18.4 Å². The van der Waals surface area contributed by atoms with Gasteiger partial charge in [-0.2, -0.15) is 0 Å². The number of hydrogen-bond donors (Lipinski definition) is 0. The number of hydrogen-bond acceptors (Lipinski definition) is 2. The lowest BCUT2D eigenvalue weighted by Crippen LogP contribution is -1.94. The van der Waals surface area contributed by atoms with Crippen molar-refractivity contribution in [3.8, 4) is 5.88 Å². The minimum atomic E-state index is 0.600. The van der Waals surface area contributed by atoms with Gasteiger partial charge in [-0.05, 0) is 17.9 Å². The summed E-state index contributed by atoms with van der Waals surface area (Å²) >= 11 is 0. The molecule has 2 heteroatoms. The van der Waals surface area contributed by atoms with Crippen molar-refractivity contribution in [1.82, 2.24) is 4.98 Å². The number of methoxy groups -OCH3 is 1. The van der Waals surface area contributed by atoms with Crippen LogP contribution in [0.4, 0.5) is 0 Å². The fraction of sp³-hybridized carbons (Fsp3) is 0.545. The second kappa shape index (κ2) is 4.85. The molecular weight excluding hydrogens is 162 g/mol. The Balaban J connectivity index is 2.67. The molecule has 0 aliphatic heterocycles. The molecule has 1 aromatic rings. The van der Waals surface area contributed by atoms with Crippen molar-refractivity contribution in [2.75, 3.05) is 7.11 Å². The summed E-state index contributed by atoms with van der Waals surface area (Å²) < 4.78 is 5.00. The van der Waals surface area contributed by atoms with Gasteiger partial charge < -0.3 is 4.74 Å². The molecule has 0 saturated carbocycles. The van der Waals surface area contributed by atoms with Crippen LogP contribution in [-0.4, -0.2) is 12.1 Å². The number of nitrogens with zero attached hydrogens (tertiary/aromatic N) is 1. The van der Waals surface area contributed by atoms with E-state index in [0.29, 0.717) is 11.8 Å². The molecule has 2 nitrogen and oxygen atoms in total. The van der Waals surface area contributed by atoms with Gasteiger partial charge in [-0.25, -0.2) is 4.98 Å². The molecule has 0 saturated heterocycles. The smallest absolute Gasteiger partial charge is 0.212 e. The Morgan fingerprint density at radius 1 is 1.46 bits per heavy atom. The third-order valence-corrected chi connectivity index (χ3v) is 2.26. The summed E-state index contributed by atoms with van der Waals surface area (Å²) in [5.74, 6) is 1.29. The van der Waals surface area contributed by atoms with Gasteiger partial charge in [-0.15, -0.1) is 0 Å². The molecule has 0 bridgehead atoms. The molecule has 0 N–H and O–H groups in total. The van der Waals surface area contributed by atoms with Crippen molar-refractivity contribution < 1.29 is 4.74 Å². The summed E-state index contributed by atoms with van der Waals surface area (Å²) in [5.41, 5.74) is 1.29. The van der Waals surface area contributed by atoms with Crippen LogP contribution in [0.2, 0.25) is 0 Å². The van der Waals surface area contributed by atoms with E-state index in [-0.39, 0.29) is 0 Å². The number of ether oxygens (including phenoxy) is 1. The molecule has 0 aliphatic carbocycles. The van der Waals surface area contributed by atoms with E-state index in [2.05, 4.69) is 24.9 Å². The minimum absolute atomic E-state index is 0.600.